The molecule has 17 heavy (non-hydrogen) atoms. The van der Waals surface area contributed by atoms with Crippen molar-refractivity contribution in [3.8, 4) is 0 Å². The molecule has 0 radical (unpaired) electrons. The highest BCUT2D eigenvalue weighted by Crippen LogP contribution is 2.32. The molecule has 1 fully saturated rings. The average Bonchev–Trinajstić information content (AvgIpc) is 3.00. The lowest BCUT2D eigenvalue weighted by atomic mass is 10.3. The van der Waals surface area contributed by atoms with Crippen LogP contribution >= 0.6 is 11.3 Å². The van der Waals surface area contributed by atoms with Gasteiger partial charge in [0.1, 0.15) is 4.21 Å². The van der Waals surface area contributed by atoms with Gasteiger partial charge < -0.3 is 5.11 Å². The SMILES string of the molecule is Cc1cc(S(=O)(=O)NCCC2CC2)sc1CO. The van der Waals surface area contributed by atoms with Crippen LogP contribution in [0.4, 0.5) is 0 Å². The standard InChI is InChI=1S/C11H17NO3S2/c1-8-6-11(16-10(8)7-13)17(14,15)12-5-4-9-2-3-9/h6,9,12-13H,2-5,7H2,1H3. The highest BCUT2D eigenvalue weighted by molar-refractivity contribution is 7.91. The van der Waals surface area contributed by atoms with Crippen molar-refractivity contribution < 1.29 is 13.5 Å². The second-order valence-electron chi connectivity index (χ2n) is 4.46. The van der Waals surface area contributed by atoms with E-state index >= 15 is 0 Å². The molecule has 1 aliphatic carbocycles. The fraction of sp³-hybridized carbons (Fsp3) is 0.636. The van der Waals surface area contributed by atoms with Crippen molar-refractivity contribution in [2.45, 2.75) is 37.0 Å². The summed E-state index contributed by atoms with van der Waals surface area (Å²) in [7, 11) is -3.38. The van der Waals surface area contributed by atoms with Crippen LogP contribution in [0.25, 0.3) is 0 Å². The van der Waals surface area contributed by atoms with E-state index in [1.165, 1.54) is 12.8 Å². The summed E-state index contributed by atoms with van der Waals surface area (Å²) in [6.45, 7) is 2.22. The molecule has 0 spiro atoms. The van der Waals surface area contributed by atoms with Crippen molar-refractivity contribution in [1.29, 1.82) is 0 Å². The molecule has 4 nitrogen and oxygen atoms in total. The van der Waals surface area contributed by atoms with Crippen molar-refractivity contribution >= 4 is 21.4 Å². The summed E-state index contributed by atoms with van der Waals surface area (Å²) in [5.41, 5.74) is 0.833. The zero-order chi connectivity index (χ0) is 12.5. The van der Waals surface area contributed by atoms with Gasteiger partial charge in [0.05, 0.1) is 6.61 Å². The molecule has 1 aromatic rings. The van der Waals surface area contributed by atoms with E-state index in [0.717, 1.165) is 29.2 Å². The first kappa shape index (κ1) is 13.0. The Labute approximate surface area is 106 Å². The molecule has 6 heteroatoms. The molecule has 2 rings (SSSR count). The number of nitrogens with one attached hydrogen (secondary N) is 1. The summed E-state index contributed by atoms with van der Waals surface area (Å²) >= 11 is 1.14. The molecule has 0 bridgehead atoms. The topological polar surface area (TPSA) is 66.4 Å². The van der Waals surface area contributed by atoms with E-state index in [2.05, 4.69) is 4.72 Å². The van der Waals surface area contributed by atoms with Gasteiger partial charge in [-0.05, 0) is 30.9 Å². The van der Waals surface area contributed by atoms with E-state index in [1.807, 2.05) is 6.92 Å². The van der Waals surface area contributed by atoms with Gasteiger partial charge in [-0.3, -0.25) is 0 Å². The number of thiophene rings is 1. The minimum absolute atomic E-state index is 0.103. The van der Waals surface area contributed by atoms with E-state index in [4.69, 9.17) is 5.11 Å². The van der Waals surface area contributed by atoms with Crippen molar-refractivity contribution in [2.75, 3.05) is 6.54 Å². The molecule has 0 aromatic carbocycles. The Morgan fingerprint density at radius 2 is 2.24 bits per heavy atom. The summed E-state index contributed by atoms with van der Waals surface area (Å²) in [5, 5.41) is 9.05. The number of aliphatic hydroxyl groups is 1. The monoisotopic (exact) mass is 275 g/mol. The van der Waals surface area contributed by atoms with Crippen LogP contribution in [0.1, 0.15) is 29.7 Å². The van der Waals surface area contributed by atoms with Crippen molar-refractivity contribution in [2.24, 2.45) is 5.92 Å². The molecule has 96 valence electrons. The number of hydrogen-bond acceptors (Lipinski definition) is 4. The maximum absolute atomic E-state index is 11.9. The van der Waals surface area contributed by atoms with Gasteiger partial charge >= 0.3 is 0 Å². The smallest absolute Gasteiger partial charge is 0.250 e. The summed E-state index contributed by atoms with van der Waals surface area (Å²) in [5.74, 6) is 0.718. The Morgan fingerprint density at radius 3 is 2.76 bits per heavy atom. The average molecular weight is 275 g/mol. The maximum atomic E-state index is 11.9. The number of rotatable bonds is 6. The quantitative estimate of drug-likeness (QED) is 0.829. The maximum Gasteiger partial charge on any atom is 0.250 e. The summed E-state index contributed by atoms with van der Waals surface area (Å²) in [6.07, 6.45) is 3.39. The predicted octanol–water partition coefficient (Wildman–Crippen LogP) is 1.63. The third kappa shape index (κ3) is 3.28. The number of hydrogen-bond donors (Lipinski definition) is 2. The van der Waals surface area contributed by atoms with Crippen LogP contribution in [0.5, 0.6) is 0 Å². The van der Waals surface area contributed by atoms with Gasteiger partial charge in [0, 0.05) is 11.4 Å². The van der Waals surface area contributed by atoms with Gasteiger partial charge in [0.15, 0.2) is 0 Å². The third-order valence-electron chi connectivity index (χ3n) is 2.95. The Hall–Kier alpha value is -0.430. The number of aliphatic hydroxyl groups excluding tert-OH is 1. The van der Waals surface area contributed by atoms with Gasteiger partial charge in [-0.1, -0.05) is 12.8 Å². The molecule has 2 N–H and O–H groups in total. The first-order chi connectivity index (χ1) is 8.03. The molecule has 0 aliphatic heterocycles. The minimum Gasteiger partial charge on any atom is -0.391 e. The van der Waals surface area contributed by atoms with Crippen LogP contribution in [-0.2, 0) is 16.6 Å². The van der Waals surface area contributed by atoms with Crippen molar-refractivity contribution in [3.05, 3.63) is 16.5 Å². The van der Waals surface area contributed by atoms with Crippen LogP contribution < -0.4 is 4.72 Å². The van der Waals surface area contributed by atoms with Crippen LogP contribution in [0.15, 0.2) is 10.3 Å². The van der Waals surface area contributed by atoms with Gasteiger partial charge in [0.2, 0.25) is 10.0 Å². The largest absolute Gasteiger partial charge is 0.391 e. The van der Waals surface area contributed by atoms with Gasteiger partial charge in [-0.2, -0.15) is 0 Å². The fourth-order valence-electron chi connectivity index (χ4n) is 1.65. The first-order valence-corrected chi connectivity index (χ1v) is 8.02. The van der Waals surface area contributed by atoms with E-state index < -0.39 is 10.0 Å². The molecule has 0 amide bonds. The molecular formula is C11H17NO3S2. The predicted molar refractivity (Wildman–Crippen MR) is 67.5 cm³/mol. The Morgan fingerprint density at radius 1 is 1.53 bits per heavy atom. The van der Waals surface area contributed by atoms with E-state index in [1.54, 1.807) is 6.07 Å². The van der Waals surface area contributed by atoms with Crippen LogP contribution in [0, 0.1) is 12.8 Å². The lowest BCUT2D eigenvalue weighted by Crippen LogP contribution is -2.24. The number of sulfonamides is 1. The minimum atomic E-state index is -3.38. The Balaban J connectivity index is 2.01. The molecule has 1 aromatic heterocycles. The van der Waals surface area contributed by atoms with Gasteiger partial charge in [-0.25, -0.2) is 13.1 Å². The lowest BCUT2D eigenvalue weighted by Gasteiger charge is -2.03. The summed E-state index contributed by atoms with van der Waals surface area (Å²) < 4.78 is 26.8. The first-order valence-electron chi connectivity index (χ1n) is 5.73. The van der Waals surface area contributed by atoms with Crippen molar-refractivity contribution in [1.82, 2.24) is 4.72 Å². The normalized spacial score (nSPS) is 16.4. The van der Waals surface area contributed by atoms with Crippen molar-refractivity contribution in [3.63, 3.8) is 0 Å². The van der Waals surface area contributed by atoms with E-state index in [9.17, 15) is 8.42 Å². The Bertz CT molecular complexity index is 489. The van der Waals surface area contributed by atoms with Crippen LogP contribution in [0.3, 0.4) is 0 Å². The highest BCUT2D eigenvalue weighted by atomic mass is 32.2. The van der Waals surface area contributed by atoms with Gasteiger partial charge in [0.25, 0.3) is 0 Å². The van der Waals surface area contributed by atoms with Crippen LogP contribution in [0.2, 0.25) is 0 Å². The fourth-order valence-corrected chi connectivity index (χ4v) is 4.19. The van der Waals surface area contributed by atoms with Gasteiger partial charge in [-0.15, -0.1) is 11.3 Å². The second kappa shape index (κ2) is 5.06. The molecule has 0 saturated heterocycles. The van der Waals surface area contributed by atoms with E-state index in [-0.39, 0.29) is 6.61 Å². The molecule has 1 saturated carbocycles. The molecule has 1 heterocycles. The summed E-state index contributed by atoms with van der Waals surface area (Å²) in [4.78, 5) is 0.715. The third-order valence-corrected chi connectivity index (χ3v) is 6.10. The van der Waals surface area contributed by atoms with E-state index in [0.29, 0.717) is 15.6 Å². The molecular weight excluding hydrogens is 258 g/mol. The second-order valence-corrected chi connectivity index (χ2v) is 7.59. The lowest BCUT2D eigenvalue weighted by molar-refractivity contribution is 0.285. The Kier molecular flexibility index (Phi) is 3.87. The highest BCUT2D eigenvalue weighted by Gasteiger charge is 2.23. The summed E-state index contributed by atoms with van der Waals surface area (Å²) in [6, 6.07) is 1.62. The zero-order valence-electron chi connectivity index (χ0n) is 9.77. The zero-order valence-corrected chi connectivity index (χ0v) is 11.4. The molecule has 0 unspecified atom stereocenters. The molecule has 1 aliphatic rings. The number of aryl methyl sites for hydroxylation is 1. The van der Waals surface area contributed by atoms with Crippen LogP contribution in [-0.4, -0.2) is 20.1 Å². The molecule has 0 atom stereocenters.